The summed E-state index contributed by atoms with van der Waals surface area (Å²) in [6.07, 6.45) is 3.37. The molecule has 1 aromatic heterocycles. The number of aromatic nitrogens is 2. The van der Waals surface area contributed by atoms with Gasteiger partial charge in [0.05, 0.1) is 13.2 Å². The first-order valence-corrected chi connectivity index (χ1v) is 7.77. The molecule has 1 heterocycles. The van der Waals surface area contributed by atoms with Crippen LogP contribution in [-0.4, -0.2) is 50.0 Å². The van der Waals surface area contributed by atoms with Gasteiger partial charge < -0.3 is 20.1 Å². The van der Waals surface area contributed by atoms with Gasteiger partial charge in [0.15, 0.2) is 0 Å². The molecule has 1 aromatic rings. The highest BCUT2D eigenvalue weighted by Gasteiger charge is 2.27. The molecule has 118 valence electrons. The molecule has 1 aliphatic rings. The van der Waals surface area contributed by atoms with Gasteiger partial charge in [0.25, 0.3) is 0 Å². The van der Waals surface area contributed by atoms with Gasteiger partial charge in [-0.25, -0.2) is 9.97 Å². The molecule has 6 nitrogen and oxygen atoms in total. The van der Waals surface area contributed by atoms with Gasteiger partial charge in [-0.3, -0.25) is 0 Å². The van der Waals surface area contributed by atoms with Crippen LogP contribution in [0.3, 0.4) is 0 Å². The molecule has 0 atom stereocenters. The number of nitrogens with zero attached hydrogens (tertiary/aromatic N) is 2. The summed E-state index contributed by atoms with van der Waals surface area (Å²) in [6.45, 7) is 5.82. The first kappa shape index (κ1) is 16.0. The third kappa shape index (κ3) is 5.85. The Kier molecular flexibility index (Phi) is 6.69. The minimum absolute atomic E-state index is 0.557. The van der Waals surface area contributed by atoms with Crippen LogP contribution >= 0.6 is 0 Å². The van der Waals surface area contributed by atoms with Gasteiger partial charge in [0.1, 0.15) is 17.5 Å². The van der Waals surface area contributed by atoms with Crippen molar-refractivity contribution in [1.82, 2.24) is 9.97 Å². The van der Waals surface area contributed by atoms with Crippen LogP contribution < -0.4 is 10.6 Å². The largest absolute Gasteiger partial charge is 0.382 e. The van der Waals surface area contributed by atoms with Gasteiger partial charge in [-0.15, -0.1) is 0 Å². The van der Waals surface area contributed by atoms with E-state index in [-0.39, 0.29) is 0 Å². The third-order valence-electron chi connectivity index (χ3n) is 3.25. The topological polar surface area (TPSA) is 68.3 Å². The molecule has 1 saturated carbocycles. The van der Waals surface area contributed by atoms with E-state index in [0.717, 1.165) is 43.6 Å². The molecule has 6 heteroatoms. The maximum atomic E-state index is 5.44. The highest BCUT2D eigenvalue weighted by Crippen LogP contribution is 2.38. The second kappa shape index (κ2) is 8.79. The van der Waals surface area contributed by atoms with Gasteiger partial charge in [0, 0.05) is 38.8 Å². The molecule has 0 unspecified atom stereocenters. The van der Waals surface area contributed by atoms with Gasteiger partial charge >= 0.3 is 0 Å². The summed E-state index contributed by atoms with van der Waals surface area (Å²) in [4.78, 5) is 9.16. The molecule has 21 heavy (non-hydrogen) atoms. The van der Waals surface area contributed by atoms with Crippen molar-refractivity contribution < 1.29 is 9.47 Å². The van der Waals surface area contributed by atoms with Crippen molar-refractivity contribution in [2.75, 3.05) is 50.7 Å². The first-order chi connectivity index (χ1) is 10.3. The van der Waals surface area contributed by atoms with E-state index < -0.39 is 0 Å². The molecule has 1 fully saturated rings. The van der Waals surface area contributed by atoms with Crippen LogP contribution in [0.15, 0.2) is 6.07 Å². The van der Waals surface area contributed by atoms with Crippen molar-refractivity contribution in [3.8, 4) is 0 Å². The van der Waals surface area contributed by atoms with Gasteiger partial charge in [-0.2, -0.15) is 0 Å². The Morgan fingerprint density at radius 3 is 2.57 bits per heavy atom. The van der Waals surface area contributed by atoms with Crippen LogP contribution in [0.4, 0.5) is 11.6 Å². The average molecular weight is 294 g/mol. The molecule has 0 spiro atoms. The summed E-state index contributed by atoms with van der Waals surface area (Å²) < 4.78 is 10.4. The highest BCUT2D eigenvalue weighted by molar-refractivity contribution is 5.48. The molecular weight excluding hydrogens is 268 g/mol. The van der Waals surface area contributed by atoms with Crippen LogP contribution in [-0.2, 0) is 9.47 Å². The van der Waals surface area contributed by atoms with Gasteiger partial charge in [0.2, 0.25) is 0 Å². The maximum absolute atomic E-state index is 5.44. The number of hydrogen-bond donors (Lipinski definition) is 2. The van der Waals surface area contributed by atoms with E-state index in [1.54, 1.807) is 7.11 Å². The second-order valence-electron chi connectivity index (χ2n) is 5.19. The van der Waals surface area contributed by atoms with Crippen molar-refractivity contribution >= 4 is 11.6 Å². The van der Waals surface area contributed by atoms with Crippen LogP contribution in [0.1, 0.15) is 37.9 Å². The van der Waals surface area contributed by atoms with Crippen LogP contribution in [0.5, 0.6) is 0 Å². The predicted octanol–water partition coefficient (Wildman–Crippen LogP) is 2.25. The second-order valence-corrected chi connectivity index (χ2v) is 5.19. The van der Waals surface area contributed by atoms with E-state index in [9.17, 15) is 0 Å². The van der Waals surface area contributed by atoms with Crippen molar-refractivity contribution in [2.45, 2.75) is 32.1 Å². The Hall–Kier alpha value is -1.40. The zero-order valence-electron chi connectivity index (χ0n) is 13.0. The zero-order valence-corrected chi connectivity index (χ0v) is 13.0. The molecule has 0 radical (unpaired) electrons. The molecule has 0 aromatic carbocycles. The minimum atomic E-state index is 0.557. The molecule has 2 N–H and O–H groups in total. The Morgan fingerprint density at radius 1 is 1.14 bits per heavy atom. The lowest BCUT2D eigenvalue weighted by molar-refractivity contribution is 0.0705. The number of methoxy groups -OCH3 is 1. The fourth-order valence-electron chi connectivity index (χ4n) is 1.99. The maximum Gasteiger partial charge on any atom is 0.136 e. The standard InChI is InChI=1S/C15H26N4O2/c1-3-16-13-11-14(19-15(18-13)12-5-6-12)17-7-4-8-21-10-9-20-2/h11-12H,3-10H2,1-2H3,(H2,16,17,18,19). The van der Waals surface area contributed by atoms with Crippen LogP contribution in [0.25, 0.3) is 0 Å². The molecule has 1 aliphatic carbocycles. The lowest BCUT2D eigenvalue weighted by Crippen LogP contribution is -2.11. The summed E-state index contributed by atoms with van der Waals surface area (Å²) in [7, 11) is 1.68. The quantitative estimate of drug-likeness (QED) is 0.610. The summed E-state index contributed by atoms with van der Waals surface area (Å²) in [6, 6.07) is 1.97. The first-order valence-electron chi connectivity index (χ1n) is 7.77. The van der Waals surface area contributed by atoms with Gasteiger partial charge in [-0.1, -0.05) is 0 Å². The molecule has 0 saturated heterocycles. The lowest BCUT2D eigenvalue weighted by Gasteiger charge is -2.10. The Labute approximate surface area is 126 Å². The van der Waals surface area contributed by atoms with Crippen LogP contribution in [0, 0.1) is 0 Å². The van der Waals surface area contributed by atoms with Gasteiger partial charge in [-0.05, 0) is 26.2 Å². The Morgan fingerprint density at radius 2 is 1.90 bits per heavy atom. The monoisotopic (exact) mass is 294 g/mol. The summed E-state index contributed by atoms with van der Waals surface area (Å²) in [5, 5.41) is 6.62. The third-order valence-corrected chi connectivity index (χ3v) is 3.25. The van der Waals surface area contributed by atoms with Crippen molar-refractivity contribution in [1.29, 1.82) is 0 Å². The van der Waals surface area contributed by atoms with E-state index in [2.05, 4.69) is 27.5 Å². The molecule has 0 amide bonds. The molecule has 0 aliphatic heterocycles. The zero-order chi connectivity index (χ0) is 14.9. The minimum Gasteiger partial charge on any atom is -0.382 e. The number of rotatable bonds is 11. The van der Waals surface area contributed by atoms with E-state index in [0.29, 0.717) is 19.1 Å². The highest BCUT2D eigenvalue weighted by atomic mass is 16.5. The summed E-state index contributed by atoms with van der Waals surface area (Å²) in [5.41, 5.74) is 0. The Bertz CT molecular complexity index is 424. The molecule has 0 bridgehead atoms. The number of ether oxygens (including phenoxy) is 2. The van der Waals surface area contributed by atoms with E-state index in [1.807, 2.05) is 6.07 Å². The molecule has 2 rings (SSSR count). The summed E-state index contributed by atoms with van der Waals surface area (Å²) >= 11 is 0. The van der Waals surface area contributed by atoms with Crippen molar-refractivity contribution in [3.05, 3.63) is 11.9 Å². The fourth-order valence-corrected chi connectivity index (χ4v) is 1.99. The van der Waals surface area contributed by atoms with Crippen molar-refractivity contribution in [2.24, 2.45) is 0 Å². The smallest absolute Gasteiger partial charge is 0.136 e. The fraction of sp³-hybridized carbons (Fsp3) is 0.733. The predicted molar refractivity (Wildman–Crippen MR) is 84.0 cm³/mol. The van der Waals surface area contributed by atoms with Crippen molar-refractivity contribution in [3.63, 3.8) is 0 Å². The number of nitrogens with one attached hydrogen (secondary N) is 2. The Balaban J connectivity index is 1.76. The number of anilines is 2. The average Bonchev–Trinajstić information content (AvgIpc) is 3.31. The van der Waals surface area contributed by atoms with E-state index >= 15 is 0 Å². The lowest BCUT2D eigenvalue weighted by atomic mass is 10.3. The van der Waals surface area contributed by atoms with E-state index in [1.165, 1.54) is 12.8 Å². The molecular formula is C15H26N4O2. The number of hydrogen-bond acceptors (Lipinski definition) is 6. The normalized spacial score (nSPS) is 14.2. The summed E-state index contributed by atoms with van der Waals surface area (Å²) in [5.74, 6) is 3.34. The SMILES string of the molecule is CCNc1cc(NCCCOCCOC)nc(C2CC2)n1. The van der Waals surface area contributed by atoms with Crippen LogP contribution in [0.2, 0.25) is 0 Å². The van der Waals surface area contributed by atoms with E-state index in [4.69, 9.17) is 9.47 Å².